The summed E-state index contributed by atoms with van der Waals surface area (Å²) < 4.78 is 10.1. The first-order valence-corrected chi connectivity index (χ1v) is 6.16. The highest BCUT2D eigenvalue weighted by Gasteiger charge is 1.96. The lowest BCUT2D eigenvalue weighted by Gasteiger charge is -2.08. The Morgan fingerprint density at radius 3 is 2.72 bits per heavy atom. The summed E-state index contributed by atoms with van der Waals surface area (Å²) in [6.07, 6.45) is 0. The summed E-state index contributed by atoms with van der Waals surface area (Å²) in [5.74, 6) is -0.267. The van der Waals surface area contributed by atoms with Crippen LogP contribution in [-0.4, -0.2) is 32.3 Å². The summed E-state index contributed by atoms with van der Waals surface area (Å²) in [5.41, 5.74) is 2.60. The van der Waals surface area contributed by atoms with Crippen LogP contribution in [-0.2, 0) is 20.8 Å². The fraction of sp³-hybridized carbons (Fsp3) is 0.500. The van der Waals surface area contributed by atoms with Crippen LogP contribution in [0.4, 0.5) is 0 Å². The molecule has 0 unspecified atom stereocenters. The van der Waals surface area contributed by atoms with Crippen LogP contribution in [0.25, 0.3) is 0 Å². The van der Waals surface area contributed by atoms with Crippen molar-refractivity contribution in [3.8, 4) is 0 Å². The van der Waals surface area contributed by atoms with Gasteiger partial charge in [-0.15, -0.1) is 0 Å². The van der Waals surface area contributed by atoms with Gasteiger partial charge in [0.15, 0.2) is 0 Å². The van der Waals surface area contributed by atoms with Crippen LogP contribution in [0.15, 0.2) is 24.3 Å². The first kappa shape index (κ1) is 14.7. The smallest absolute Gasteiger partial charge is 0.302 e. The molecule has 4 heteroatoms. The molecule has 0 aromatic heterocycles. The molecule has 0 aliphatic heterocycles. The van der Waals surface area contributed by atoms with Crippen LogP contribution >= 0.6 is 0 Å². The van der Waals surface area contributed by atoms with E-state index in [4.69, 9.17) is 9.47 Å². The van der Waals surface area contributed by atoms with Crippen LogP contribution in [0, 0.1) is 6.92 Å². The summed E-state index contributed by atoms with van der Waals surface area (Å²) in [5, 5.41) is 3.31. The van der Waals surface area contributed by atoms with E-state index in [0.717, 1.165) is 13.1 Å². The van der Waals surface area contributed by atoms with Gasteiger partial charge in [-0.05, 0) is 18.1 Å². The summed E-state index contributed by atoms with van der Waals surface area (Å²) in [6, 6.07) is 8.30. The normalized spacial score (nSPS) is 10.3. The number of carbonyl (C=O) groups excluding carboxylic acids is 1. The third-order valence-corrected chi connectivity index (χ3v) is 2.53. The lowest BCUT2D eigenvalue weighted by Crippen LogP contribution is -2.20. The highest BCUT2D eigenvalue weighted by molar-refractivity contribution is 5.65. The van der Waals surface area contributed by atoms with Gasteiger partial charge < -0.3 is 14.8 Å². The minimum Gasteiger partial charge on any atom is -0.463 e. The average molecular weight is 251 g/mol. The molecule has 1 N–H and O–H groups in total. The van der Waals surface area contributed by atoms with Gasteiger partial charge in [0.1, 0.15) is 6.61 Å². The largest absolute Gasteiger partial charge is 0.463 e. The molecule has 1 aromatic carbocycles. The second-order valence-electron chi connectivity index (χ2n) is 4.06. The van der Waals surface area contributed by atoms with E-state index in [9.17, 15) is 4.79 Å². The Morgan fingerprint density at radius 2 is 2.00 bits per heavy atom. The minimum atomic E-state index is -0.267. The summed E-state index contributed by atoms with van der Waals surface area (Å²) in [4.78, 5) is 10.5. The predicted octanol–water partition coefficient (Wildman–Crippen LogP) is 1.66. The molecule has 4 nitrogen and oxygen atoms in total. The van der Waals surface area contributed by atoms with Gasteiger partial charge in [-0.1, -0.05) is 24.3 Å². The molecule has 0 fully saturated rings. The van der Waals surface area contributed by atoms with Crippen molar-refractivity contribution < 1.29 is 14.3 Å². The summed E-state index contributed by atoms with van der Waals surface area (Å²) in [6.45, 7) is 6.52. The number of benzene rings is 1. The van der Waals surface area contributed by atoms with Crippen LogP contribution < -0.4 is 5.32 Å². The average Bonchev–Trinajstić information content (AvgIpc) is 2.34. The van der Waals surface area contributed by atoms with Gasteiger partial charge in [-0.3, -0.25) is 4.79 Å². The standard InChI is InChI=1S/C14H21NO3/c1-12-5-3-4-6-14(12)11-15-7-8-17-9-10-18-13(2)16/h3-6,15H,7-11H2,1-2H3. The number of hydrogen-bond acceptors (Lipinski definition) is 4. The van der Waals surface area contributed by atoms with Crippen LogP contribution in [0.3, 0.4) is 0 Å². The van der Waals surface area contributed by atoms with E-state index in [2.05, 4.69) is 24.4 Å². The fourth-order valence-corrected chi connectivity index (χ4v) is 1.52. The number of carbonyl (C=O) groups is 1. The van der Waals surface area contributed by atoms with E-state index in [1.807, 2.05) is 12.1 Å². The third kappa shape index (κ3) is 6.37. The Bertz CT molecular complexity index is 366. The first-order valence-electron chi connectivity index (χ1n) is 6.16. The van der Waals surface area contributed by atoms with E-state index >= 15 is 0 Å². The van der Waals surface area contributed by atoms with Gasteiger partial charge >= 0.3 is 5.97 Å². The fourth-order valence-electron chi connectivity index (χ4n) is 1.52. The molecule has 18 heavy (non-hydrogen) atoms. The Hall–Kier alpha value is -1.39. The molecule has 0 aliphatic rings. The minimum absolute atomic E-state index is 0.267. The zero-order valence-electron chi connectivity index (χ0n) is 11.1. The van der Waals surface area contributed by atoms with Crippen molar-refractivity contribution in [1.82, 2.24) is 5.32 Å². The Kier molecular flexibility index (Phi) is 7.06. The molecular weight excluding hydrogens is 230 g/mol. The molecular formula is C14H21NO3. The molecule has 0 bridgehead atoms. The monoisotopic (exact) mass is 251 g/mol. The molecule has 0 aliphatic carbocycles. The number of esters is 1. The highest BCUT2D eigenvalue weighted by Crippen LogP contribution is 2.05. The molecule has 100 valence electrons. The Balaban J connectivity index is 1.99. The van der Waals surface area contributed by atoms with Crippen LogP contribution in [0.2, 0.25) is 0 Å². The second kappa shape index (κ2) is 8.66. The van der Waals surface area contributed by atoms with Crippen molar-refractivity contribution in [1.29, 1.82) is 0 Å². The van der Waals surface area contributed by atoms with Gasteiger partial charge in [0.2, 0.25) is 0 Å². The first-order chi connectivity index (χ1) is 8.70. The second-order valence-corrected chi connectivity index (χ2v) is 4.06. The number of ether oxygens (including phenoxy) is 2. The van der Waals surface area contributed by atoms with Crippen molar-refractivity contribution in [2.24, 2.45) is 0 Å². The molecule has 0 radical (unpaired) electrons. The number of aryl methyl sites for hydroxylation is 1. The topological polar surface area (TPSA) is 47.6 Å². The maximum Gasteiger partial charge on any atom is 0.302 e. The van der Waals surface area contributed by atoms with Crippen molar-refractivity contribution in [2.45, 2.75) is 20.4 Å². The van der Waals surface area contributed by atoms with Gasteiger partial charge in [0, 0.05) is 20.0 Å². The van der Waals surface area contributed by atoms with Gasteiger partial charge in [-0.2, -0.15) is 0 Å². The lowest BCUT2D eigenvalue weighted by molar-refractivity contribution is -0.142. The molecule has 0 atom stereocenters. The van der Waals surface area contributed by atoms with Crippen molar-refractivity contribution in [3.05, 3.63) is 35.4 Å². The molecule has 1 aromatic rings. The number of nitrogens with one attached hydrogen (secondary N) is 1. The molecule has 1 rings (SSSR count). The number of rotatable bonds is 8. The van der Waals surface area contributed by atoms with Gasteiger partial charge in [0.05, 0.1) is 13.2 Å². The van der Waals surface area contributed by atoms with E-state index in [1.54, 1.807) is 0 Å². The number of hydrogen-bond donors (Lipinski definition) is 1. The van der Waals surface area contributed by atoms with E-state index in [0.29, 0.717) is 19.8 Å². The maximum atomic E-state index is 10.5. The van der Waals surface area contributed by atoms with Gasteiger partial charge in [-0.25, -0.2) is 0 Å². The van der Waals surface area contributed by atoms with Crippen molar-refractivity contribution in [3.63, 3.8) is 0 Å². The zero-order chi connectivity index (χ0) is 13.2. The molecule has 0 spiro atoms. The van der Waals surface area contributed by atoms with E-state index in [-0.39, 0.29) is 5.97 Å². The van der Waals surface area contributed by atoms with E-state index < -0.39 is 0 Å². The van der Waals surface area contributed by atoms with Gasteiger partial charge in [0.25, 0.3) is 0 Å². The highest BCUT2D eigenvalue weighted by atomic mass is 16.6. The molecule has 0 amide bonds. The third-order valence-electron chi connectivity index (χ3n) is 2.53. The van der Waals surface area contributed by atoms with Crippen LogP contribution in [0.1, 0.15) is 18.1 Å². The van der Waals surface area contributed by atoms with Crippen molar-refractivity contribution in [2.75, 3.05) is 26.4 Å². The molecule has 0 saturated heterocycles. The quantitative estimate of drug-likeness (QED) is 0.564. The SMILES string of the molecule is CC(=O)OCCOCCNCc1ccccc1C. The lowest BCUT2D eigenvalue weighted by atomic mass is 10.1. The van der Waals surface area contributed by atoms with Crippen molar-refractivity contribution >= 4 is 5.97 Å². The van der Waals surface area contributed by atoms with E-state index in [1.165, 1.54) is 18.1 Å². The zero-order valence-corrected chi connectivity index (χ0v) is 11.1. The molecule has 0 saturated carbocycles. The Labute approximate surface area is 108 Å². The summed E-state index contributed by atoms with van der Waals surface area (Å²) >= 11 is 0. The van der Waals surface area contributed by atoms with Crippen LogP contribution in [0.5, 0.6) is 0 Å². The maximum absolute atomic E-state index is 10.5. The summed E-state index contributed by atoms with van der Waals surface area (Å²) in [7, 11) is 0. The molecule has 0 heterocycles. The Morgan fingerprint density at radius 1 is 1.22 bits per heavy atom. The predicted molar refractivity (Wildman–Crippen MR) is 70.3 cm³/mol.